The molecule has 1 aromatic rings. The van der Waals surface area contributed by atoms with E-state index < -0.39 is 0 Å². The number of hydrogen-bond acceptors (Lipinski definition) is 2. The SMILES string of the molecule is O=C(N/N=C1/CCc2ccccc21)C1CCCCC1. The van der Waals surface area contributed by atoms with E-state index in [4.69, 9.17) is 0 Å². The summed E-state index contributed by atoms with van der Waals surface area (Å²) in [5.41, 5.74) is 6.35. The van der Waals surface area contributed by atoms with E-state index in [1.54, 1.807) is 0 Å². The Morgan fingerprint density at radius 3 is 2.74 bits per heavy atom. The van der Waals surface area contributed by atoms with Crippen molar-refractivity contribution in [2.45, 2.75) is 44.9 Å². The van der Waals surface area contributed by atoms with Gasteiger partial charge in [0.1, 0.15) is 0 Å². The summed E-state index contributed by atoms with van der Waals surface area (Å²) in [7, 11) is 0. The zero-order valence-corrected chi connectivity index (χ0v) is 11.2. The van der Waals surface area contributed by atoms with E-state index in [9.17, 15) is 4.79 Å². The van der Waals surface area contributed by atoms with Gasteiger partial charge in [0.05, 0.1) is 5.71 Å². The highest BCUT2D eigenvalue weighted by Gasteiger charge is 2.22. The van der Waals surface area contributed by atoms with Gasteiger partial charge in [0.25, 0.3) is 0 Å². The van der Waals surface area contributed by atoms with Crippen molar-refractivity contribution in [1.29, 1.82) is 0 Å². The number of nitrogens with one attached hydrogen (secondary N) is 1. The molecule has 0 atom stereocenters. The van der Waals surface area contributed by atoms with Gasteiger partial charge in [0.2, 0.25) is 5.91 Å². The van der Waals surface area contributed by atoms with Gasteiger partial charge in [-0.05, 0) is 31.2 Å². The van der Waals surface area contributed by atoms with Gasteiger partial charge in [-0.2, -0.15) is 5.10 Å². The first kappa shape index (κ1) is 12.4. The fourth-order valence-electron chi connectivity index (χ4n) is 3.10. The third-order valence-electron chi connectivity index (χ3n) is 4.24. The Kier molecular flexibility index (Phi) is 3.62. The van der Waals surface area contributed by atoms with Crippen LogP contribution in [-0.2, 0) is 11.2 Å². The Morgan fingerprint density at radius 1 is 1.11 bits per heavy atom. The second-order valence-electron chi connectivity index (χ2n) is 5.53. The molecule has 100 valence electrons. The standard InChI is InChI=1S/C16H20N2O/c19-16(13-7-2-1-3-8-13)18-17-15-11-10-12-6-4-5-9-14(12)15/h4-6,9,13H,1-3,7-8,10-11H2,(H,18,19)/b17-15-. The summed E-state index contributed by atoms with van der Waals surface area (Å²) in [6, 6.07) is 8.32. The van der Waals surface area contributed by atoms with Crippen molar-refractivity contribution in [3.63, 3.8) is 0 Å². The molecule has 19 heavy (non-hydrogen) atoms. The van der Waals surface area contributed by atoms with Gasteiger partial charge in [0.15, 0.2) is 0 Å². The van der Waals surface area contributed by atoms with Gasteiger partial charge in [-0.1, -0.05) is 43.5 Å². The van der Waals surface area contributed by atoms with Gasteiger partial charge in [-0.3, -0.25) is 4.79 Å². The summed E-state index contributed by atoms with van der Waals surface area (Å²) in [6.07, 6.45) is 7.64. The number of amides is 1. The summed E-state index contributed by atoms with van der Waals surface area (Å²) < 4.78 is 0. The first-order chi connectivity index (χ1) is 9.34. The van der Waals surface area contributed by atoms with Gasteiger partial charge < -0.3 is 0 Å². The lowest BCUT2D eigenvalue weighted by Crippen LogP contribution is -2.29. The molecule has 1 N–H and O–H groups in total. The lowest BCUT2D eigenvalue weighted by Gasteiger charge is -2.19. The van der Waals surface area contributed by atoms with E-state index in [0.29, 0.717) is 0 Å². The topological polar surface area (TPSA) is 41.5 Å². The van der Waals surface area contributed by atoms with Crippen LogP contribution in [0.3, 0.4) is 0 Å². The van der Waals surface area contributed by atoms with Crippen LogP contribution in [0, 0.1) is 5.92 Å². The molecule has 3 heteroatoms. The Morgan fingerprint density at radius 2 is 1.89 bits per heavy atom. The maximum Gasteiger partial charge on any atom is 0.243 e. The van der Waals surface area contributed by atoms with Crippen molar-refractivity contribution in [2.75, 3.05) is 0 Å². The number of fused-ring (bicyclic) bond motifs is 1. The van der Waals surface area contributed by atoms with Crippen molar-refractivity contribution >= 4 is 11.6 Å². The Balaban J connectivity index is 1.65. The third-order valence-corrected chi connectivity index (χ3v) is 4.24. The van der Waals surface area contributed by atoms with Gasteiger partial charge >= 0.3 is 0 Å². The number of benzene rings is 1. The van der Waals surface area contributed by atoms with E-state index in [-0.39, 0.29) is 11.8 Å². The molecule has 0 aromatic heterocycles. The number of rotatable bonds is 2. The normalized spacial score (nSPS) is 21.4. The lowest BCUT2D eigenvalue weighted by molar-refractivity contribution is -0.125. The van der Waals surface area contributed by atoms with E-state index in [1.807, 2.05) is 6.07 Å². The molecule has 0 bridgehead atoms. The largest absolute Gasteiger partial charge is 0.273 e. The minimum absolute atomic E-state index is 0.108. The van der Waals surface area contributed by atoms with E-state index >= 15 is 0 Å². The number of hydrazone groups is 1. The molecule has 1 saturated carbocycles. The van der Waals surface area contributed by atoms with Crippen LogP contribution >= 0.6 is 0 Å². The van der Waals surface area contributed by atoms with Crippen LogP contribution in [0.1, 0.15) is 49.7 Å². The first-order valence-corrected chi connectivity index (χ1v) is 7.29. The van der Waals surface area contributed by atoms with E-state index in [2.05, 4.69) is 28.7 Å². The molecule has 0 unspecified atom stereocenters. The van der Waals surface area contributed by atoms with Crippen LogP contribution < -0.4 is 5.43 Å². The molecular formula is C16H20N2O. The molecule has 1 aromatic carbocycles. The van der Waals surface area contributed by atoms with Crippen LogP contribution in [0.2, 0.25) is 0 Å². The second kappa shape index (κ2) is 5.55. The van der Waals surface area contributed by atoms with Gasteiger partial charge in [-0.15, -0.1) is 0 Å². The number of hydrogen-bond donors (Lipinski definition) is 1. The van der Waals surface area contributed by atoms with Crippen molar-refractivity contribution in [1.82, 2.24) is 5.43 Å². The predicted octanol–water partition coefficient (Wildman–Crippen LogP) is 3.03. The third kappa shape index (κ3) is 2.70. The number of nitrogens with zero attached hydrogens (tertiary/aromatic N) is 1. The summed E-state index contributed by atoms with van der Waals surface area (Å²) in [5, 5.41) is 4.36. The fourth-order valence-corrected chi connectivity index (χ4v) is 3.10. The summed E-state index contributed by atoms with van der Waals surface area (Å²) in [6.45, 7) is 0. The highest BCUT2D eigenvalue weighted by molar-refractivity contribution is 6.04. The molecule has 0 aliphatic heterocycles. The van der Waals surface area contributed by atoms with Gasteiger partial charge in [-0.25, -0.2) is 5.43 Å². The highest BCUT2D eigenvalue weighted by atomic mass is 16.2. The molecule has 3 nitrogen and oxygen atoms in total. The first-order valence-electron chi connectivity index (χ1n) is 7.29. The monoisotopic (exact) mass is 256 g/mol. The summed E-state index contributed by atoms with van der Waals surface area (Å²) in [5.74, 6) is 0.284. The molecule has 0 heterocycles. The molecule has 3 rings (SSSR count). The van der Waals surface area contributed by atoms with E-state index in [1.165, 1.54) is 30.4 Å². The number of carbonyl (C=O) groups is 1. The quantitative estimate of drug-likeness (QED) is 0.812. The van der Waals surface area contributed by atoms with Crippen molar-refractivity contribution in [2.24, 2.45) is 11.0 Å². The molecule has 0 saturated heterocycles. The van der Waals surface area contributed by atoms with Crippen LogP contribution in [-0.4, -0.2) is 11.6 Å². The van der Waals surface area contributed by atoms with Crippen molar-refractivity contribution in [3.05, 3.63) is 35.4 Å². The summed E-state index contributed by atoms with van der Waals surface area (Å²) in [4.78, 5) is 12.0. The Bertz CT molecular complexity index is 501. The second-order valence-corrected chi connectivity index (χ2v) is 5.53. The molecule has 0 spiro atoms. The zero-order valence-electron chi connectivity index (χ0n) is 11.2. The average molecular weight is 256 g/mol. The fraction of sp³-hybridized carbons (Fsp3) is 0.500. The average Bonchev–Trinajstić information content (AvgIpc) is 2.89. The molecule has 2 aliphatic rings. The van der Waals surface area contributed by atoms with Crippen molar-refractivity contribution in [3.8, 4) is 0 Å². The van der Waals surface area contributed by atoms with Crippen LogP contribution in [0.5, 0.6) is 0 Å². The van der Waals surface area contributed by atoms with Crippen LogP contribution in [0.25, 0.3) is 0 Å². The lowest BCUT2D eigenvalue weighted by atomic mass is 9.89. The Labute approximate surface area is 114 Å². The van der Waals surface area contributed by atoms with Crippen LogP contribution in [0.15, 0.2) is 29.4 Å². The number of carbonyl (C=O) groups excluding carboxylic acids is 1. The summed E-state index contributed by atoms with van der Waals surface area (Å²) >= 11 is 0. The minimum Gasteiger partial charge on any atom is -0.273 e. The van der Waals surface area contributed by atoms with Crippen molar-refractivity contribution < 1.29 is 4.79 Å². The number of aryl methyl sites for hydroxylation is 1. The minimum atomic E-state index is 0.108. The smallest absolute Gasteiger partial charge is 0.243 e. The van der Waals surface area contributed by atoms with E-state index in [0.717, 1.165) is 31.4 Å². The molecule has 2 aliphatic carbocycles. The maximum atomic E-state index is 12.0. The maximum absolute atomic E-state index is 12.0. The predicted molar refractivity (Wildman–Crippen MR) is 76.0 cm³/mol. The highest BCUT2D eigenvalue weighted by Crippen LogP contribution is 2.24. The Hall–Kier alpha value is -1.64. The molecule has 1 fully saturated rings. The zero-order chi connectivity index (χ0) is 13.1. The molecular weight excluding hydrogens is 236 g/mol. The van der Waals surface area contributed by atoms with Gasteiger partial charge in [0, 0.05) is 11.5 Å². The van der Waals surface area contributed by atoms with Crippen LogP contribution in [0.4, 0.5) is 0 Å². The molecule has 1 amide bonds. The molecule has 0 radical (unpaired) electrons.